The SMILES string of the molecule is Cc1cn(C2CCC(CO[Si](c3ccccc3)(c3ccccc3)C(C)(C)C)O2)c(=O)[nH]c1=O. The Labute approximate surface area is 195 Å². The number of nitrogens with one attached hydrogen (secondary N) is 1. The van der Waals surface area contributed by atoms with Crippen molar-refractivity contribution in [1.82, 2.24) is 9.55 Å². The lowest BCUT2D eigenvalue weighted by atomic mass is 10.2. The number of benzene rings is 2. The summed E-state index contributed by atoms with van der Waals surface area (Å²) in [5.41, 5.74) is -0.310. The van der Waals surface area contributed by atoms with E-state index < -0.39 is 20.2 Å². The zero-order valence-electron chi connectivity index (χ0n) is 19.7. The van der Waals surface area contributed by atoms with Crippen LogP contribution in [0.4, 0.5) is 0 Å². The maximum absolute atomic E-state index is 12.3. The van der Waals surface area contributed by atoms with Crippen LogP contribution in [-0.4, -0.2) is 30.6 Å². The standard InChI is InChI=1S/C26H32N2O4Si/c1-19-17-28(25(30)27-24(19)29)23-16-15-20(32-23)18-31-33(26(2,3)4,21-11-7-5-8-12-21)22-13-9-6-10-14-22/h5-14,17,20,23H,15-16,18H2,1-4H3,(H,27,29,30). The number of aromatic nitrogens is 2. The van der Waals surface area contributed by atoms with Crippen LogP contribution in [0.1, 0.15) is 45.4 Å². The average molecular weight is 465 g/mol. The second-order valence-corrected chi connectivity index (χ2v) is 14.0. The Morgan fingerprint density at radius 2 is 1.58 bits per heavy atom. The Hall–Kier alpha value is -2.74. The van der Waals surface area contributed by atoms with Gasteiger partial charge in [0.2, 0.25) is 0 Å². The minimum Gasteiger partial charge on any atom is -0.405 e. The maximum Gasteiger partial charge on any atom is 0.330 e. The first-order valence-corrected chi connectivity index (χ1v) is 13.4. The number of nitrogens with zero attached hydrogens (tertiary/aromatic N) is 1. The molecule has 2 aromatic carbocycles. The van der Waals surface area contributed by atoms with Gasteiger partial charge in [-0.2, -0.15) is 0 Å². The lowest BCUT2D eigenvalue weighted by Crippen LogP contribution is -2.67. The summed E-state index contributed by atoms with van der Waals surface area (Å²) < 4.78 is 14.7. The molecule has 0 saturated carbocycles. The molecule has 174 valence electrons. The second-order valence-electron chi connectivity index (χ2n) is 9.74. The van der Waals surface area contributed by atoms with E-state index in [9.17, 15) is 9.59 Å². The number of aromatic amines is 1. The van der Waals surface area contributed by atoms with Crippen LogP contribution in [0.2, 0.25) is 5.04 Å². The molecular formula is C26H32N2O4Si. The molecule has 3 aromatic rings. The van der Waals surface area contributed by atoms with E-state index in [4.69, 9.17) is 9.16 Å². The van der Waals surface area contributed by atoms with Gasteiger partial charge >= 0.3 is 5.69 Å². The van der Waals surface area contributed by atoms with Crippen molar-refractivity contribution < 1.29 is 9.16 Å². The molecule has 1 N–H and O–H groups in total. The highest BCUT2D eigenvalue weighted by Crippen LogP contribution is 2.37. The lowest BCUT2D eigenvalue weighted by Gasteiger charge is -2.43. The van der Waals surface area contributed by atoms with Crippen LogP contribution in [0, 0.1) is 6.92 Å². The first-order valence-electron chi connectivity index (χ1n) is 11.4. The molecule has 2 atom stereocenters. The molecule has 33 heavy (non-hydrogen) atoms. The maximum atomic E-state index is 12.3. The molecule has 1 aromatic heterocycles. The van der Waals surface area contributed by atoms with E-state index in [0.29, 0.717) is 18.6 Å². The zero-order chi connectivity index (χ0) is 23.6. The minimum atomic E-state index is -2.64. The second kappa shape index (κ2) is 9.25. The fourth-order valence-corrected chi connectivity index (χ4v) is 9.38. The number of hydrogen-bond donors (Lipinski definition) is 1. The Morgan fingerprint density at radius 3 is 2.12 bits per heavy atom. The van der Waals surface area contributed by atoms with Gasteiger partial charge in [-0.05, 0) is 35.2 Å². The van der Waals surface area contributed by atoms with Crippen molar-refractivity contribution in [2.24, 2.45) is 0 Å². The molecule has 0 spiro atoms. The van der Waals surface area contributed by atoms with Crippen molar-refractivity contribution in [2.45, 2.75) is 57.9 Å². The van der Waals surface area contributed by atoms with Gasteiger partial charge in [0.15, 0.2) is 0 Å². The lowest BCUT2D eigenvalue weighted by molar-refractivity contribution is -0.0216. The number of rotatable bonds is 6. The van der Waals surface area contributed by atoms with E-state index in [2.05, 4.69) is 74.3 Å². The summed E-state index contributed by atoms with van der Waals surface area (Å²) in [6.45, 7) is 8.88. The van der Waals surface area contributed by atoms with Gasteiger partial charge in [-0.3, -0.25) is 14.3 Å². The third-order valence-corrected chi connectivity index (χ3v) is 11.4. The molecule has 1 aliphatic heterocycles. The Bertz CT molecular complexity index is 1160. The van der Waals surface area contributed by atoms with Crippen LogP contribution in [0.3, 0.4) is 0 Å². The predicted molar refractivity (Wildman–Crippen MR) is 133 cm³/mol. The van der Waals surface area contributed by atoms with Gasteiger partial charge in [-0.25, -0.2) is 4.79 Å². The monoisotopic (exact) mass is 464 g/mol. The number of ether oxygens (including phenoxy) is 1. The number of aryl methyl sites for hydroxylation is 1. The van der Waals surface area contributed by atoms with Gasteiger partial charge in [0.05, 0.1) is 12.7 Å². The molecule has 1 aliphatic rings. The summed E-state index contributed by atoms with van der Waals surface area (Å²) >= 11 is 0. The Kier molecular flexibility index (Phi) is 6.56. The number of H-pyrrole nitrogens is 1. The highest BCUT2D eigenvalue weighted by Gasteiger charge is 2.50. The summed E-state index contributed by atoms with van der Waals surface area (Å²) in [5.74, 6) is 0. The predicted octanol–water partition coefficient (Wildman–Crippen LogP) is 3.10. The van der Waals surface area contributed by atoms with Gasteiger partial charge in [0.1, 0.15) is 6.23 Å². The normalized spacial score (nSPS) is 19.0. The van der Waals surface area contributed by atoms with Crippen LogP contribution in [0.15, 0.2) is 76.4 Å². The molecule has 0 bridgehead atoms. The van der Waals surface area contributed by atoms with E-state index in [1.807, 2.05) is 12.1 Å². The van der Waals surface area contributed by atoms with Crippen LogP contribution >= 0.6 is 0 Å². The van der Waals surface area contributed by atoms with E-state index in [1.165, 1.54) is 14.9 Å². The molecule has 0 aliphatic carbocycles. The third kappa shape index (κ3) is 4.53. The molecule has 4 rings (SSSR count). The summed E-state index contributed by atoms with van der Waals surface area (Å²) in [6.07, 6.45) is 2.53. The van der Waals surface area contributed by atoms with E-state index in [-0.39, 0.29) is 16.7 Å². The largest absolute Gasteiger partial charge is 0.405 e. The quantitative estimate of drug-likeness (QED) is 0.569. The Morgan fingerprint density at radius 1 is 1.00 bits per heavy atom. The highest BCUT2D eigenvalue weighted by atomic mass is 28.4. The van der Waals surface area contributed by atoms with Crippen molar-refractivity contribution in [2.75, 3.05) is 6.61 Å². The molecule has 0 amide bonds. The Balaban J connectivity index is 1.62. The van der Waals surface area contributed by atoms with Crippen molar-refractivity contribution in [3.8, 4) is 0 Å². The molecule has 2 unspecified atom stereocenters. The summed E-state index contributed by atoms with van der Waals surface area (Å²) in [7, 11) is -2.64. The van der Waals surface area contributed by atoms with Crippen LogP contribution in [-0.2, 0) is 9.16 Å². The molecular weight excluding hydrogens is 432 g/mol. The van der Waals surface area contributed by atoms with Crippen LogP contribution in [0.5, 0.6) is 0 Å². The van der Waals surface area contributed by atoms with Gasteiger partial charge in [0, 0.05) is 11.8 Å². The molecule has 7 heteroatoms. The van der Waals surface area contributed by atoms with Crippen molar-refractivity contribution in [3.05, 3.63) is 93.3 Å². The topological polar surface area (TPSA) is 73.3 Å². The summed E-state index contributed by atoms with van der Waals surface area (Å²) in [5, 5.41) is 2.34. The van der Waals surface area contributed by atoms with Gasteiger partial charge < -0.3 is 9.16 Å². The molecule has 2 heterocycles. The minimum absolute atomic E-state index is 0.110. The molecule has 6 nitrogen and oxygen atoms in total. The van der Waals surface area contributed by atoms with Gasteiger partial charge in [0.25, 0.3) is 13.9 Å². The van der Waals surface area contributed by atoms with Gasteiger partial charge in [-0.15, -0.1) is 0 Å². The summed E-state index contributed by atoms with van der Waals surface area (Å²) in [6, 6.07) is 21.0. The first-order chi connectivity index (χ1) is 15.7. The average Bonchev–Trinajstić information content (AvgIpc) is 3.26. The third-order valence-electron chi connectivity index (χ3n) is 6.44. The smallest absolute Gasteiger partial charge is 0.330 e. The molecule has 0 radical (unpaired) electrons. The highest BCUT2D eigenvalue weighted by molar-refractivity contribution is 6.99. The zero-order valence-corrected chi connectivity index (χ0v) is 20.7. The summed E-state index contributed by atoms with van der Waals surface area (Å²) in [4.78, 5) is 26.4. The fourth-order valence-electron chi connectivity index (χ4n) is 4.79. The van der Waals surface area contributed by atoms with Crippen LogP contribution < -0.4 is 21.6 Å². The molecule has 1 saturated heterocycles. The van der Waals surface area contributed by atoms with Crippen LogP contribution in [0.25, 0.3) is 0 Å². The van der Waals surface area contributed by atoms with E-state index in [0.717, 1.165) is 6.42 Å². The molecule has 1 fully saturated rings. The van der Waals surface area contributed by atoms with E-state index in [1.54, 1.807) is 13.1 Å². The first kappa shape index (κ1) is 23.4. The van der Waals surface area contributed by atoms with Crippen molar-refractivity contribution in [3.63, 3.8) is 0 Å². The van der Waals surface area contributed by atoms with E-state index >= 15 is 0 Å². The fraction of sp³-hybridized carbons (Fsp3) is 0.385. The van der Waals surface area contributed by atoms with Gasteiger partial charge in [-0.1, -0.05) is 81.4 Å². The van der Waals surface area contributed by atoms with Crippen molar-refractivity contribution in [1.29, 1.82) is 0 Å². The van der Waals surface area contributed by atoms with Crippen molar-refractivity contribution >= 4 is 18.7 Å². The number of hydrogen-bond acceptors (Lipinski definition) is 4.